The van der Waals surface area contributed by atoms with Gasteiger partial charge in [-0.3, -0.25) is 4.79 Å². The number of nitrogen functional groups attached to an aromatic ring is 1. The van der Waals surface area contributed by atoms with E-state index in [-0.39, 0.29) is 5.91 Å². The summed E-state index contributed by atoms with van der Waals surface area (Å²) < 4.78 is 5.14. The van der Waals surface area contributed by atoms with Crippen LogP contribution in [0.15, 0.2) is 16.7 Å². The molecule has 1 amide bonds. The third-order valence-electron chi connectivity index (χ3n) is 3.81. The minimum atomic E-state index is 0.0453. The van der Waals surface area contributed by atoms with E-state index in [2.05, 4.69) is 15.8 Å². The van der Waals surface area contributed by atoms with Gasteiger partial charge in [0.05, 0.1) is 17.1 Å². The molecule has 0 atom stereocenters. The number of hydrogen-bond acceptors (Lipinski definition) is 5. The van der Waals surface area contributed by atoms with Crippen LogP contribution in [0.3, 0.4) is 0 Å². The van der Waals surface area contributed by atoms with Crippen molar-refractivity contribution in [2.24, 2.45) is 0 Å². The van der Waals surface area contributed by atoms with Gasteiger partial charge in [-0.1, -0.05) is 5.16 Å². The molecule has 0 radical (unpaired) electrons. The van der Waals surface area contributed by atoms with Crippen molar-refractivity contribution in [1.82, 2.24) is 5.16 Å². The normalized spacial score (nSPS) is 13.7. The first kappa shape index (κ1) is 13.5. The fourth-order valence-electron chi connectivity index (χ4n) is 2.54. The lowest BCUT2D eigenvalue weighted by atomic mass is 10.0. The van der Waals surface area contributed by atoms with Gasteiger partial charge in [-0.2, -0.15) is 0 Å². The number of nitrogens with one attached hydrogen (secondary N) is 2. The number of carbonyl (C=O) groups excluding carboxylic acids is 1. The number of anilines is 3. The van der Waals surface area contributed by atoms with Gasteiger partial charge in [-0.25, -0.2) is 0 Å². The average Bonchev–Trinajstić information content (AvgIpc) is 2.76. The predicted octanol–water partition coefficient (Wildman–Crippen LogP) is 2.37. The first-order valence-corrected chi connectivity index (χ1v) is 6.92. The van der Waals surface area contributed by atoms with Crippen molar-refractivity contribution in [2.75, 3.05) is 16.4 Å². The first-order valence-electron chi connectivity index (χ1n) is 6.92. The third kappa shape index (κ3) is 2.56. The second-order valence-electron chi connectivity index (χ2n) is 5.30. The summed E-state index contributed by atoms with van der Waals surface area (Å²) >= 11 is 0. The topological polar surface area (TPSA) is 93.2 Å². The van der Waals surface area contributed by atoms with E-state index in [1.165, 1.54) is 0 Å². The SMILES string of the molecule is Cc1noc(C)c1CNc1cc2c(cc1N)CCC(=O)N2. The summed E-state index contributed by atoms with van der Waals surface area (Å²) in [6, 6.07) is 3.81. The number of rotatable bonds is 3. The number of fused-ring (bicyclic) bond motifs is 1. The molecular formula is C15H18N4O2. The number of aromatic nitrogens is 1. The van der Waals surface area contributed by atoms with Crippen LogP contribution >= 0.6 is 0 Å². The number of nitrogens with zero attached hydrogens (tertiary/aromatic N) is 1. The molecule has 0 bridgehead atoms. The predicted molar refractivity (Wildman–Crippen MR) is 81.1 cm³/mol. The fourth-order valence-corrected chi connectivity index (χ4v) is 2.54. The molecule has 0 aliphatic carbocycles. The highest BCUT2D eigenvalue weighted by Gasteiger charge is 2.17. The van der Waals surface area contributed by atoms with Crippen molar-refractivity contribution < 1.29 is 9.32 Å². The number of nitrogens with two attached hydrogens (primary N) is 1. The molecule has 110 valence electrons. The van der Waals surface area contributed by atoms with Gasteiger partial charge in [0.1, 0.15) is 5.76 Å². The van der Waals surface area contributed by atoms with Crippen LogP contribution in [0.5, 0.6) is 0 Å². The summed E-state index contributed by atoms with van der Waals surface area (Å²) in [6.45, 7) is 4.37. The van der Waals surface area contributed by atoms with E-state index in [1.54, 1.807) is 0 Å². The van der Waals surface area contributed by atoms with Gasteiger partial charge in [0.15, 0.2) is 0 Å². The first-order chi connectivity index (χ1) is 10.0. The molecule has 0 fully saturated rings. The van der Waals surface area contributed by atoms with Crippen molar-refractivity contribution >= 4 is 23.0 Å². The smallest absolute Gasteiger partial charge is 0.224 e. The van der Waals surface area contributed by atoms with Gasteiger partial charge in [0, 0.05) is 24.2 Å². The Morgan fingerprint density at radius 1 is 1.38 bits per heavy atom. The molecule has 1 aliphatic heterocycles. The van der Waals surface area contributed by atoms with E-state index >= 15 is 0 Å². The van der Waals surface area contributed by atoms with Crippen molar-refractivity contribution in [3.05, 3.63) is 34.7 Å². The van der Waals surface area contributed by atoms with Gasteiger partial charge < -0.3 is 20.9 Å². The monoisotopic (exact) mass is 286 g/mol. The number of amides is 1. The number of carbonyl (C=O) groups is 1. The van der Waals surface area contributed by atoms with Gasteiger partial charge >= 0.3 is 0 Å². The van der Waals surface area contributed by atoms with Crippen LogP contribution in [0.25, 0.3) is 0 Å². The molecule has 1 aromatic carbocycles. The van der Waals surface area contributed by atoms with E-state index in [0.29, 0.717) is 18.7 Å². The standard InChI is InChI=1S/C15H18N4O2/c1-8-11(9(2)21-19-8)7-17-14-6-13-10(5-12(14)16)3-4-15(20)18-13/h5-6,17H,3-4,7,16H2,1-2H3,(H,18,20). The maximum Gasteiger partial charge on any atom is 0.224 e. The Hall–Kier alpha value is -2.50. The molecule has 0 spiro atoms. The molecule has 3 rings (SSSR count). The number of aryl methyl sites for hydroxylation is 3. The summed E-state index contributed by atoms with van der Waals surface area (Å²) in [5.41, 5.74) is 11.4. The molecule has 1 aromatic heterocycles. The van der Waals surface area contributed by atoms with Crippen LogP contribution < -0.4 is 16.4 Å². The zero-order chi connectivity index (χ0) is 15.0. The van der Waals surface area contributed by atoms with E-state index in [4.69, 9.17) is 10.3 Å². The zero-order valence-corrected chi connectivity index (χ0v) is 12.1. The zero-order valence-electron chi connectivity index (χ0n) is 12.1. The van der Waals surface area contributed by atoms with Crippen LogP contribution in [-0.2, 0) is 17.8 Å². The van der Waals surface area contributed by atoms with E-state index in [0.717, 1.165) is 40.4 Å². The quantitative estimate of drug-likeness (QED) is 0.753. The molecule has 0 unspecified atom stereocenters. The Kier molecular flexibility index (Phi) is 3.29. The van der Waals surface area contributed by atoms with Gasteiger partial charge in [0.2, 0.25) is 5.91 Å². The molecule has 0 saturated heterocycles. The van der Waals surface area contributed by atoms with Crippen LogP contribution in [0, 0.1) is 13.8 Å². The van der Waals surface area contributed by atoms with Crippen molar-refractivity contribution in [1.29, 1.82) is 0 Å². The van der Waals surface area contributed by atoms with Crippen molar-refractivity contribution in [2.45, 2.75) is 33.2 Å². The molecule has 21 heavy (non-hydrogen) atoms. The molecule has 2 heterocycles. The minimum Gasteiger partial charge on any atom is -0.397 e. The summed E-state index contributed by atoms with van der Waals surface area (Å²) in [4.78, 5) is 11.5. The Morgan fingerprint density at radius 3 is 2.90 bits per heavy atom. The van der Waals surface area contributed by atoms with Gasteiger partial charge in [-0.05, 0) is 38.0 Å². The molecule has 6 nitrogen and oxygen atoms in total. The number of benzene rings is 1. The van der Waals surface area contributed by atoms with E-state index < -0.39 is 0 Å². The highest BCUT2D eigenvalue weighted by Crippen LogP contribution is 2.31. The summed E-state index contributed by atoms with van der Waals surface area (Å²) in [5, 5.41) is 10.1. The summed E-state index contributed by atoms with van der Waals surface area (Å²) in [6.07, 6.45) is 1.24. The van der Waals surface area contributed by atoms with Crippen LogP contribution in [0.2, 0.25) is 0 Å². The Morgan fingerprint density at radius 2 is 2.19 bits per heavy atom. The highest BCUT2D eigenvalue weighted by molar-refractivity contribution is 5.95. The Labute approximate surface area is 122 Å². The molecular weight excluding hydrogens is 268 g/mol. The largest absolute Gasteiger partial charge is 0.397 e. The molecule has 1 aliphatic rings. The van der Waals surface area contributed by atoms with Crippen LogP contribution in [0.1, 0.15) is 29.0 Å². The highest BCUT2D eigenvalue weighted by atomic mass is 16.5. The maximum absolute atomic E-state index is 11.5. The van der Waals surface area contributed by atoms with Crippen LogP contribution in [-0.4, -0.2) is 11.1 Å². The molecule has 0 saturated carbocycles. The van der Waals surface area contributed by atoms with Crippen molar-refractivity contribution in [3.63, 3.8) is 0 Å². The minimum absolute atomic E-state index is 0.0453. The Bertz CT molecular complexity index is 686. The molecule has 6 heteroatoms. The maximum atomic E-state index is 11.5. The molecule has 2 aromatic rings. The van der Waals surface area contributed by atoms with E-state index in [9.17, 15) is 4.79 Å². The van der Waals surface area contributed by atoms with Gasteiger partial charge in [-0.15, -0.1) is 0 Å². The summed E-state index contributed by atoms with van der Waals surface area (Å²) in [5.74, 6) is 0.841. The second-order valence-corrected chi connectivity index (χ2v) is 5.30. The second kappa shape index (κ2) is 5.12. The lowest BCUT2D eigenvalue weighted by Crippen LogP contribution is -2.19. The van der Waals surface area contributed by atoms with Crippen molar-refractivity contribution in [3.8, 4) is 0 Å². The van der Waals surface area contributed by atoms with E-state index in [1.807, 2.05) is 26.0 Å². The third-order valence-corrected chi connectivity index (χ3v) is 3.81. The van der Waals surface area contributed by atoms with Gasteiger partial charge in [0.25, 0.3) is 0 Å². The van der Waals surface area contributed by atoms with Crippen LogP contribution in [0.4, 0.5) is 17.1 Å². The lowest BCUT2D eigenvalue weighted by Gasteiger charge is -2.19. The Balaban J connectivity index is 1.83. The molecule has 4 N–H and O–H groups in total. The average molecular weight is 286 g/mol. The lowest BCUT2D eigenvalue weighted by molar-refractivity contribution is -0.116. The number of hydrogen-bond donors (Lipinski definition) is 3. The fraction of sp³-hybridized carbons (Fsp3) is 0.333. The summed E-state index contributed by atoms with van der Waals surface area (Å²) in [7, 11) is 0.